The molecule has 0 saturated heterocycles. The van der Waals surface area contributed by atoms with Gasteiger partial charge in [0.1, 0.15) is 5.75 Å². The lowest BCUT2D eigenvalue weighted by Crippen LogP contribution is -2.06. The zero-order chi connectivity index (χ0) is 15.2. The number of ether oxygens (including phenoxy) is 2. The molecule has 0 atom stereocenters. The van der Waals surface area contributed by atoms with Crippen LogP contribution in [0.1, 0.15) is 21.5 Å². The fourth-order valence-electron chi connectivity index (χ4n) is 2.14. The lowest BCUT2D eigenvalue weighted by Gasteiger charge is -2.10. The Bertz CT molecular complexity index is 642. The second kappa shape index (κ2) is 6.75. The van der Waals surface area contributed by atoms with E-state index in [2.05, 4.69) is 6.58 Å². The highest BCUT2D eigenvalue weighted by Crippen LogP contribution is 2.22. The van der Waals surface area contributed by atoms with Crippen LogP contribution < -0.4 is 4.74 Å². The van der Waals surface area contributed by atoms with Crippen LogP contribution in [0.25, 0.3) is 5.57 Å². The third-order valence-electron chi connectivity index (χ3n) is 3.32. The highest BCUT2D eigenvalue weighted by Gasteiger charge is 2.12. The van der Waals surface area contributed by atoms with Gasteiger partial charge in [-0.3, -0.25) is 0 Å². The van der Waals surface area contributed by atoms with E-state index in [1.165, 1.54) is 7.11 Å². The summed E-state index contributed by atoms with van der Waals surface area (Å²) in [6.45, 7) is 4.11. The van der Waals surface area contributed by atoms with Crippen LogP contribution in [-0.2, 0) is 11.2 Å². The fraction of sp³-hybridized carbons (Fsp3) is 0.167. The van der Waals surface area contributed by atoms with Crippen LogP contribution in [0.5, 0.6) is 5.75 Å². The molecule has 0 aliphatic heterocycles. The third-order valence-corrected chi connectivity index (χ3v) is 3.32. The molecule has 0 aromatic heterocycles. The Balaban J connectivity index is 2.21. The molecule has 0 N–H and O–H groups in total. The number of carbonyl (C=O) groups excluding carboxylic acids is 1. The van der Waals surface area contributed by atoms with E-state index in [0.29, 0.717) is 12.0 Å². The van der Waals surface area contributed by atoms with E-state index in [-0.39, 0.29) is 5.97 Å². The van der Waals surface area contributed by atoms with Gasteiger partial charge < -0.3 is 9.47 Å². The van der Waals surface area contributed by atoms with E-state index in [9.17, 15) is 4.79 Å². The predicted octanol–water partition coefficient (Wildman–Crippen LogP) is 3.74. The van der Waals surface area contributed by atoms with Crippen molar-refractivity contribution in [1.82, 2.24) is 0 Å². The van der Waals surface area contributed by atoms with Gasteiger partial charge in [0.2, 0.25) is 0 Å². The SMILES string of the molecule is C=C(Cc1ccccc1C(=O)OC)c1ccc(OC)cc1. The molecule has 21 heavy (non-hydrogen) atoms. The fourth-order valence-corrected chi connectivity index (χ4v) is 2.14. The van der Waals surface area contributed by atoms with Crippen LogP contribution in [0.3, 0.4) is 0 Å². The molecule has 0 spiro atoms. The minimum absolute atomic E-state index is 0.326. The summed E-state index contributed by atoms with van der Waals surface area (Å²) < 4.78 is 9.95. The molecular formula is C18H18O3. The van der Waals surface area contributed by atoms with Gasteiger partial charge >= 0.3 is 5.97 Å². The van der Waals surface area contributed by atoms with Gasteiger partial charge in [-0.2, -0.15) is 0 Å². The Morgan fingerprint density at radius 1 is 1.05 bits per heavy atom. The predicted molar refractivity (Wildman–Crippen MR) is 83.5 cm³/mol. The molecule has 0 heterocycles. The Kier molecular flexibility index (Phi) is 4.77. The van der Waals surface area contributed by atoms with Crippen LogP contribution in [-0.4, -0.2) is 20.2 Å². The second-order valence-corrected chi connectivity index (χ2v) is 4.66. The van der Waals surface area contributed by atoms with Crippen molar-refractivity contribution in [3.8, 4) is 5.75 Å². The Morgan fingerprint density at radius 3 is 2.33 bits per heavy atom. The molecular weight excluding hydrogens is 264 g/mol. The van der Waals surface area contributed by atoms with E-state index in [1.807, 2.05) is 42.5 Å². The maximum atomic E-state index is 11.8. The van der Waals surface area contributed by atoms with E-state index in [4.69, 9.17) is 9.47 Å². The van der Waals surface area contributed by atoms with Crippen LogP contribution in [0.15, 0.2) is 55.1 Å². The van der Waals surface area contributed by atoms with Gasteiger partial charge in [0.05, 0.1) is 19.8 Å². The number of esters is 1. The summed E-state index contributed by atoms with van der Waals surface area (Å²) in [7, 11) is 3.02. The number of methoxy groups -OCH3 is 2. The average Bonchev–Trinajstić information content (AvgIpc) is 2.54. The standard InChI is InChI=1S/C18H18O3/c1-13(14-8-10-16(20-2)11-9-14)12-15-6-4-5-7-17(15)18(19)21-3/h4-11H,1,12H2,2-3H3. The molecule has 3 heteroatoms. The first kappa shape index (κ1) is 14.9. The topological polar surface area (TPSA) is 35.5 Å². The average molecular weight is 282 g/mol. The van der Waals surface area contributed by atoms with Crippen molar-refractivity contribution in [1.29, 1.82) is 0 Å². The summed E-state index contributed by atoms with van der Waals surface area (Å²) in [5.74, 6) is 0.481. The first-order valence-corrected chi connectivity index (χ1v) is 6.64. The molecule has 0 bridgehead atoms. The van der Waals surface area contributed by atoms with Crippen molar-refractivity contribution >= 4 is 11.5 Å². The molecule has 3 nitrogen and oxygen atoms in total. The number of hydrogen-bond donors (Lipinski definition) is 0. The summed E-state index contributed by atoms with van der Waals surface area (Å²) in [5.41, 5.74) is 3.45. The van der Waals surface area contributed by atoms with Crippen molar-refractivity contribution in [2.75, 3.05) is 14.2 Å². The molecule has 0 unspecified atom stereocenters. The lowest BCUT2D eigenvalue weighted by molar-refractivity contribution is 0.0599. The zero-order valence-electron chi connectivity index (χ0n) is 12.3. The van der Waals surface area contributed by atoms with Gasteiger partial charge in [0.15, 0.2) is 0 Å². The molecule has 2 rings (SSSR count). The lowest BCUT2D eigenvalue weighted by atomic mass is 9.96. The quantitative estimate of drug-likeness (QED) is 0.784. The Hall–Kier alpha value is -2.55. The van der Waals surface area contributed by atoms with Crippen LogP contribution >= 0.6 is 0 Å². The minimum atomic E-state index is -0.326. The number of allylic oxidation sites excluding steroid dienone is 1. The van der Waals surface area contributed by atoms with Crippen molar-refractivity contribution in [3.63, 3.8) is 0 Å². The molecule has 0 radical (unpaired) electrons. The number of hydrogen-bond acceptors (Lipinski definition) is 3. The van der Waals surface area contributed by atoms with Crippen molar-refractivity contribution < 1.29 is 14.3 Å². The summed E-state index contributed by atoms with van der Waals surface area (Å²) >= 11 is 0. The summed E-state index contributed by atoms with van der Waals surface area (Å²) in [6.07, 6.45) is 0.595. The van der Waals surface area contributed by atoms with Gasteiger partial charge in [-0.05, 0) is 41.3 Å². The van der Waals surface area contributed by atoms with E-state index < -0.39 is 0 Å². The van der Waals surface area contributed by atoms with Crippen molar-refractivity contribution in [3.05, 3.63) is 71.8 Å². The molecule has 0 saturated carbocycles. The van der Waals surface area contributed by atoms with E-state index >= 15 is 0 Å². The number of benzene rings is 2. The first-order chi connectivity index (χ1) is 10.2. The molecule has 2 aromatic rings. The smallest absolute Gasteiger partial charge is 0.338 e. The van der Waals surface area contributed by atoms with Gasteiger partial charge in [-0.1, -0.05) is 36.9 Å². The molecule has 2 aromatic carbocycles. The van der Waals surface area contributed by atoms with Gasteiger partial charge in [-0.15, -0.1) is 0 Å². The number of rotatable bonds is 5. The van der Waals surface area contributed by atoms with Crippen LogP contribution in [0.4, 0.5) is 0 Å². The maximum Gasteiger partial charge on any atom is 0.338 e. The van der Waals surface area contributed by atoms with Crippen molar-refractivity contribution in [2.45, 2.75) is 6.42 Å². The Morgan fingerprint density at radius 2 is 1.71 bits per heavy atom. The normalized spacial score (nSPS) is 10.0. The van der Waals surface area contributed by atoms with Gasteiger partial charge in [-0.25, -0.2) is 4.79 Å². The van der Waals surface area contributed by atoms with Crippen LogP contribution in [0, 0.1) is 0 Å². The Labute approximate surface area is 124 Å². The highest BCUT2D eigenvalue weighted by atomic mass is 16.5. The van der Waals surface area contributed by atoms with Crippen LogP contribution in [0.2, 0.25) is 0 Å². The molecule has 0 aliphatic carbocycles. The molecule has 0 aliphatic rings. The molecule has 0 amide bonds. The summed E-state index contributed by atoms with van der Waals surface area (Å²) in [4.78, 5) is 11.8. The minimum Gasteiger partial charge on any atom is -0.497 e. The van der Waals surface area contributed by atoms with E-state index in [0.717, 1.165) is 22.4 Å². The van der Waals surface area contributed by atoms with Gasteiger partial charge in [0, 0.05) is 0 Å². The molecule has 0 fully saturated rings. The zero-order valence-corrected chi connectivity index (χ0v) is 12.3. The summed E-state index contributed by atoms with van der Waals surface area (Å²) in [6, 6.07) is 15.1. The third kappa shape index (κ3) is 3.51. The van der Waals surface area contributed by atoms with Crippen molar-refractivity contribution in [2.24, 2.45) is 0 Å². The van der Waals surface area contributed by atoms with E-state index in [1.54, 1.807) is 13.2 Å². The first-order valence-electron chi connectivity index (χ1n) is 6.64. The second-order valence-electron chi connectivity index (χ2n) is 4.66. The largest absolute Gasteiger partial charge is 0.497 e. The number of carbonyl (C=O) groups is 1. The highest BCUT2D eigenvalue weighted by molar-refractivity contribution is 5.91. The summed E-state index contributed by atoms with van der Waals surface area (Å²) in [5, 5.41) is 0. The van der Waals surface area contributed by atoms with Gasteiger partial charge in [0.25, 0.3) is 0 Å². The maximum absolute atomic E-state index is 11.8. The molecule has 108 valence electrons. The monoisotopic (exact) mass is 282 g/mol.